The third-order valence-corrected chi connectivity index (χ3v) is 3.59. The predicted octanol–water partition coefficient (Wildman–Crippen LogP) is -0.755. The van der Waals surface area contributed by atoms with E-state index in [1.165, 1.54) is 4.90 Å². The van der Waals surface area contributed by atoms with E-state index in [9.17, 15) is 14.4 Å². The molecule has 0 aliphatic carbocycles. The monoisotopic (exact) mass is 320 g/mol. The van der Waals surface area contributed by atoms with Gasteiger partial charge in [-0.15, -0.1) is 12.4 Å². The molecule has 8 heteroatoms. The van der Waals surface area contributed by atoms with E-state index in [-0.39, 0.29) is 42.6 Å². The summed E-state index contributed by atoms with van der Waals surface area (Å²) in [4.78, 5) is 37.1. The third-order valence-electron chi connectivity index (χ3n) is 3.59. The Hall–Kier alpha value is -1.34. The number of rotatable bonds is 4. The number of nitrogens with zero attached hydrogens (tertiary/aromatic N) is 1. The molecular formula is C13H25ClN4O3. The molecule has 1 aliphatic heterocycles. The van der Waals surface area contributed by atoms with Crippen molar-refractivity contribution in [1.29, 1.82) is 0 Å². The van der Waals surface area contributed by atoms with E-state index in [0.717, 1.165) is 0 Å². The number of hydrogen-bond donors (Lipinski definition) is 3. The molecule has 21 heavy (non-hydrogen) atoms. The van der Waals surface area contributed by atoms with Crippen molar-refractivity contribution in [1.82, 2.24) is 15.5 Å². The van der Waals surface area contributed by atoms with Gasteiger partial charge in [-0.2, -0.15) is 0 Å². The van der Waals surface area contributed by atoms with Crippen LogP contribution in [0.2, 0.25) is 0 Å². The Morgan fingerprint density at radius 2 is 2.00 bits per heavy atom. The molecule has 0 saturated carbocycles. The lowest BCUT2D eigenvalue weighted by Crippen LogP contribution is -2.64. The van der Waals surface area contributed by atoms with Gasteiger partial charge in [-0.25, -0.2) is 0 Å². The second-order valence-electron chi connectivity index (χ2n) is 5.85. The molecule has 1 heterocycles. The lowest BCUT2D eigenvalue weighted by Gasteiger charge is -2.41. The fourth-order valence-corrected chi connectivity index (χ4v) is 2.01. The number of nitrogens with one attached hydrogen (secondary N) is 2. The highest BCUT2D eigenvalue weighted by molar-refractivity contribution is 5.94. The van der Waals surface area contributed by atoms with Crippen LogP contribution in [0.25, 0.3) is 0 Å². The summed E-state index contributed by atoms with van der Waals surface area (Å²) in [5, 5.41) is 5.24. The van der Waals surface area contributed by atoms with Crippen molar-refractivity contribution in [3.63, 3.8) is 0 Å². The number of piperazine rings is 1. The Kier molecular flexibility index (Phi) is 7.12. The summed E-state index contributed by atoms with van der Waals surface area (Å²) in [5.41, 5.74) is 4.80. The van der Waals surface area contributed by atoms with Gasteiger partial charge in [-0.3, -0.25) is 14.4 Å². The normalized spacial score (nSPS) is 18.6. The summed E-state index contributed by atoms with van der Waals surface area (Å²) in [5.74, 6) is -0.827. The van der Waals surface area contributed by atoms with Gasteiger partial charge in [-0.1, -0.05) is 13.8 Å². The van der Waals surface area contributed by atoms with Crippen LogP contribution < -0.4 is 16.4 Å². The molecule has 1 fully saturated rings. The second-order valence-corrected chi connectivity index (χ2v) is 5.85. The summed E-state index contributed by atoms with van der Waals surface area (Å²) in [6.45, 7) is 7.75. The minimum Gasteiger partial charge on any atom is -0.352 e. The number of nitrogens with two attached hydrogens (primary N) is 1. The van der Waals surface area contributed by atoms with Crippen molar-refractivity contribution in [2.75, 3.05) is 19.6 Å². The smallest absolute Gasteiger partial charge is 0.245 e. The average Bonchev–Trinajstić information content (AvgIpc) is 2.37. The summed E-state index contributed by atoms with van der Waals surface area (Å²) in [7, 11) is 0. The van der Waals surface area contributed by atoms with Gasteiger partial charge in [0.25, 0.3) is 0 Å². The first-order chi connectivity index (χ1) is 9.17. The van der Waals surface area contributed by atoms with Gasteiger partial charge in [0.1, 0.15) is 5.54 Å². The SMILES string of the molecule is CC(C)[C@H](N)C(=O)NCC(=O)N1CCNC(=O)C1(C)C.Cl. The van der Waals surface area contributed by atoms with Gasteiger partial charge in [0.2, 0.25) is 17.7 Å². The van der Waals surface area contributed by atoms with Crippen LogP contribution in [0.3, 0.4) is 0 Å². The van der Waals surface area contributed by atoms with E-state index in [1.54, 1.807) is 13.8 Å². The Morgan fingerprint density at radius 3 is 2.52 bits per heavy atom. The highest BCUT2D eigenvalue weighted by Gasteiger charge is 2.40. The average molecular weight is 321 g/mol. The second kappa shape index (κ2) is 7.61. The fraction of sp³-hybridized carbons (Fsp3) is 0.769. The highest BCUT2D eigenvalue weighted by atomic mass is 35.5. The Morgan fingerprint density at radius 1 is 1.43 bits per heavy atom. The molecule has 0 aromatic carbocycles. The minimum absolute atomic E-state index is 0. The predicted molar refractivity (Wildman–Crippen MR) is 81.9 cm³/mol. The standard InChI is InChI=1S/C13H24N4O3.ClH/c1-8(2)10(14)11(19)16-7-9(18)17-6-5-15-12(20)13(17,3)4;/h8,10H,5-7,14H2,1-4H3,(H,15,20)(H,16,19);1H/t10-;/m0./s1. The molecular weight excluding hydrogens is 296 g/mol. The minimum atomic E-state index is -0.903. The number of carbonyl (C=O) groups is 3. The lowest BCUT2D eigenvalue weighted by molar-refractivity contribution is -0.149. The maximum atomic E-state index is 12.1. The molecule has 0 unspecified atom stereocenters. The third kappa shape index (κ3) is 4.57. The van der Waals surface area contributed by atoms with Crippen LogP contribution >= 0.6 is 12.4 Å². The van der Waals surface area contributed by atoms with Crippen LogP contribution in [0, 0.1) is 5.92 Å². The van der Waals surface area contributed by atoms with Crippen molar-refractivity contribution in [2.24, 2.45) is 11.7 Å². The van der Waals surface area contributed by atoms with E-state index >= 15 is 0 Å². The van der Waals surface area contributed by atoms with Crippen LogP contribution in [-0.4, -0.2) is 53.8 Å². The van der Waals surface area contributed by atoms with E-state index in [1.807, 2.05) is 13.8 Å². The molecule has 1 rings (SSSR count). The lowest BCUT2D eigenvalue weighted by atomic mass is 9.99. The molecule has 3 amide bonds. The van der Waals surface area contributed by atoms with Gasteiger partial charge in [-0.05, 0) is 19.8 Å². The first kappa shape index (κ1) is 19.7. The van der Waals surface area contributed by atoms with Crippen LogP contribution in [0.15, 0.2) is 0 Å². The molecule has 0 radical (unpaired) electrons. The zero-order chi connectivity index (χ0) is 15.5. The molecule has 4 N–H and O–H groups in total. The molecule has 1 saturated heterocycles. The number of amides is 3. The topological polar surface area (TPSA) is 105 Å². The highest BCUT2D eigenvalue weighted by Crippen LogP contribution is 2.17. The molecule has 0 bridgehead atoms. The molecule has 122 valence electrons. The number of carbonyl (C=O) groups excluding carboxylic acids is 3. The van der Waals surface area contributed by atoms with Crippen molar-refractivity contribution in [3.8, 4) is 0 Å². The van der Waals surface area contributed by atoms with Crippen molar-refractivity contribution in [3.05, 3.63) is 0 Å². The first-order valence-corrected chi connectivity index (χ1v) is 6.80. The van der Waals surface area contributed by atoms with Crippen molar-refractivity contribution in [2.45, 2.75) is 39.3 Å². The van der Waals surface area contributed by atoms with Crippen LogP contribution in [0.1, 0.15) is 27.7 Å². The zero-order valence-electron chi connectivity index (χ0n) is 12.9. The first-order valence-electron chi connectivity index (χ1n) is 6.80. The van der Waals surface area contributed by atoms with Gasteiger partial charge in [0.15, 0.2) is 0 Å². The van der Waals surface area contributed by atoms with E-state index < -0.39 is 11.6 Å². The number of halogens is 1. The summed E-state index contributed by atoms with van der Waals surface area (Å²) in [6.07, 6.45) is 0. The van der Waals surface area contributed by atoms with Crippen LogP contribution in [0.5, 0.6) is 0 Å². The summed E-state index contributed by atoms with van der Waals surface area (Å²) in [6, 6.07) is -0.638. The van der Waals surface area contributed by atoms with Gasteiger partial charge >= 0.3 is 0 Å². The Balaban J connectivity index is 0.00000400. The van der Waals surface area contributed by atoms with Crippen molar-refractivity contribution < 1.29 is 14.4 Å². The van der Waals surface area contributed by atoms with Crippen LogP contribution in [-0.2, 0) is 14.4 Å². The van der Waals surface area contributed by atoms with Gasteiger partial charge in [0.05, 0.1) is 12.6 Å². The fourth-order valence-electron chi connectivity index (χ4n) is 2.01. The molecule has 7 nitrogen and oxygen atoms in total. The molecule has 0 aromatic heterocycles. The molecule has 0 aromatic rings. The van der Waals surface area contributed by atoms with E-state index in [0.29, 0.717) is 13.1 Å². The van der Waals surface area contributed by atoms with Gasteiger partial charge < -0.3 is 21.3 Å². The number of hydrogen-bond acceptors (Lipinski definition) is 4. The summed E-state index contributed by atoms with van der Waals surface area (Å²) >= 11 is 0. The molecule has 1 aliphatic rings. The Labute approximate surface area is 131 Å². The zero-order valence-corrected chi connectivity index (χ0v) is 13.8. The quantitative estimate of drug-likeness (QED) is 0.633. The maximum absolute atomic E-state index is 12.1. The van der Waals surface area contributed by atoms with Crippen molar-refractivity contribution >= 4 is 30.1 Å². The van der Waals surface area contributed by atoms with Crippen LogP contribution in [0.4, 0.5) is 0 Å². The van der Waals surface area contributed by atoms with Gasteiger partial charge in [0, 0.05) is 13.1 Å². The summed E-state index contributed by atoms with van der Waals surface area (Å²) < 4.78 is 0. The Bertz CT molecular complexity index is 412. The largest absolute Gasteiger partial charge is 0.352 e. The maximum Gasteiger partial charge on any atom is 0.245 e. The molecule has 0 spiro atoms. The van der Waals surface area contributed by atoms with E-state index in [2.05, 4.69) is 10.6 Å². The molecule has 1 atom stereocenters. The van der Waals surface area contributed by atoms with E-state index in [4.69, 9.17) is 5.73 Å².